The van der Waals surface area contributed by atoms with Crippen LogP contribution in [0.1, 0.15) is 41.0 Å². The summed E-state index contributed by atoms with van der Waals surface area (Å²) in [5.41, 5.74) is 1.36. The molecule has 7 heteroatoms. The molecule has 0 amide bonds. The Morgan fingerprint density at radius 3 is 2.14 bits per heavy atom. The van der Waals surface area contributed by atoms with Crippen LogP contribution in [-0.2, 0) is 10.0 Å². The number of halogens is 1. The molecule has 0 heterocycles. The highest BCUT2D eigenvalue weighted by Crippen LogP contribution is 2.19. The number of allylic oxidation sites excluding steroid dienone is 3. The van der Waals surface area contributed by atoms with E-state index in [4.69, 9.17) is 11.6 Å². The van der Waals surface area contributed by atoms with E-state index in [1.807, 2.05) is 0 Å². The monoisotopic (exact) mass is 431 g/mol. The number of hydrogen-bond acceptors (Lipinski definition) is 4. The molecule has 2 aromatic carbocycles. The normalized spacial score (nSPS) is 12.5. The first-order chi connectivity index (χ1) is 13.8. The molecule has 29 heavy (non-hydrogen) atoms. The Morgan fingerprint density at radius 2 is 1.62 bits per heavy atom. The van der Waals surface area contributed by atoms with Crippen molar-refractivity contribution < 1.29 is 18.0 Å². The molecule has 152 valence electrons. The van der Waals surface area contributed by atoms with Crippen LogP contribution in [0.25, 0.3) is 0 Å². The van der Waals surface area contributed by atoms with E-state index >= 15 is 0 Å². The first kappa shape index (κ1) is 22.6. The summed E-state index contributed by atoms with van der Waals surface area (Å²) in [6.07, 6.45) is 3.38. The fraction of sp³-hybridized carbons (Fsp3) is 0.182. The Kier molecular flexibility index (Phi) is 7.93. The molecule has 0 fully saturated rings. The van der Waals surface area contributed by atoms with Crippen LogP contribution in [-0.4, -0.2) is 25.9 Å². The lowest BCUT2D eigenvalue weighted by molar-refractivity contribution is 0.101. The first-order valence-electron chi connectivity index (χ1n) is 8.99. The molecular weight excluding hydrogens is 410 g/mol. The van der Waals surface area contributed by atoms with Gasteiger partial charge in [0.05, 0.1) is 10.6 Å². The fourth-order valence-electron chi connectivity index (χ4n) is 2.67. The Balaban J connectivity index is 2.47. The number of hydrogen-bond donors (Lipinski definition) is 1. The summed E-state index contributed by atoms with van der Waals surface area (Å²) >= 11 is 5.72. The fourth-order valence-corrected chi connectivity index (χ4v) is 3.85. The maximum atomic E-state index is 12.9. The molecule has 0 atom stereocenters. The molecule has 0 unspecified atom stereocenters. The van der Waals surface area contributed by atoms with Crippen molar-refractivity contribution in [2.24, 2.45) is 0 Å². The highest BCUT2D eigenvalue weighted by molar-refractivity contribution is 7.89. The molecule has 0 saturated carbocycles. The van der Waals surface area contributed by atoms with Gasteiger partial charge in [0.25, 0.3) is 10.0 Å². The molecule has 2 rings (SSSR count). The minimum absolute atomic E-state index is 0.0121. The van der Waals surface area contributed by atoms with Gasteiger partial charge >= 0.3 is 0 Å². The van der Waals surface area contributed by atoms with Gasteiger partial charge in [0, 0.05) is 22.6 Å². The van der Waals surface area contributed by atoms with E-state index in [9.17, 15) is 18.0 Å². The predicted molar refractivity (Wildman–Crippen MR) is 115 cm³/mol. The second-order valence-electron chi connectivity index (χ2n) is 6.18. The number of Topliss-reactive ketones (excluding diaryl/α,β-unsaturated/α-hetero) is 2. The molecule has 0 radical (unpaired) electrons. The Bertz CT molecular complexity index is 1040. The van der Waals surface area contributed by atoms with Crippen molar-refractivity contribution in [3.8, 4) is 0 Å². The Labute approximate surface area is 176 Å². The summed E-state index contributed by atoms with van der Waals surface area (Å²) in [7, 11) is -3.97. The van der Waals surface area contributed by atoms with Crippen molar-refractivity contribution in [3.63, 3.8) is 0 Å². The third-order valence-corrected chi connectivity index (χ3v) is 5.74. The zero-order chi connectivity index (χ0) is 21.4. The van der Waals surface area contributed by atoms with E-state index in [2.05, 4.69) is 4.72 Å². The minimum Gasteiger partial charge on any atom is -0.295 e. The molecule has 5 nitrogen and oxygen atoms in total. The van der Waals surface area contributed by atoms with Gasteiger partial charge in [-0.15, -0.1) is 11.6 Å². The molecule has 0 saturated heterocycles. The lowest BCUT2D eigenvalue weighted by atomic mass is 9.99. The SMILES string of the molecule is CC/C(C(=O)c1ccccc1)=C(\C=C/CCl)NS(=O)(=O)c1ccc(C(C)=O)cc1. The average Bonchev–Trinajstić information content (AvgIpc) is 2.72. The molecular formula is C22H22ClNO4S. The van der Waals surface area contributed by atoms with Gasteiger partial charge in [-0.25, -0.2) is 8.42 Å². The van der Waals surface area contributed by atoms with Crippen molar-refractivity contribution in [2.75, 3.05) is 5.88 Å². The van der Waals surface area contributed by atoms with E-state index in [0.29, 0.717) is 23.1 Å². The van der Waals surface area contributed by atoms with Crippen molar-refractivity contribution in [1.29, 1.82) is 0 Å². The molecule has 0 bridgehead atoms. The maximum Gasteiger partial charge on any atom is 0.261 e. The molecule has 2 aromatic rings. The van der Waals surface area contributed by atoms with Crippen LogP contribution >= 0.6 is 11.6 Å². The van der Waals surface area contributed by atoms with E-state index in [1.54, 1.807) is 43.3 Å². The molecule has 0 aliphatic heterocycles. The lowest BCUT2D eigenvalue weighted by Gasteiger charge is -2.14. The first-order valence-corrected chi connectivity index (χ1v) is 11.0. The smallest absolute Gasteiger partial charge is 0.261 e. The maximum absolute atomic E-state index is 12.9. The van der Waals surface area contributed by atoms with Crippen molar-refractivity contribution >= 4 is 33.2 Å². The number of ketones is 2. The third-order valence-electron chi connectivity index (χ3n) is 4.18. The zero-order valence-corrected chi connectivity index (χ0v) is 17.8. The molecule has 0 aromatic heterocycles. The van der Waals surface area contributed by atoms with Crippen LogP contribution < -0.4 is 4.72 Å². The number of carbonyl (C=O) groups is 2. The molecule has 1 N–H and O–H groups in total. The standard InChI is InChI=1S/C22H22ClNO4S/c1-3-20(22(26)18-8-5-4-6-9-18)21(10-7-15-23)24-29(27,28)19-13-11-17(12-14-19)16(2)25/h4-14,24H,3,15H2,1-2H3/b10-7-,21-20-. The zero-order valence-electron chi connectivity index (χ0n) is 16.2. The molecule has 0 spiro atoms. The van der Waals surface area contributed by atoms with Crippen LogP contribution in [0.15, 0.2) is 82.9 Å². The topological polar surface area (TPSA) is 80.3 Å². The highest BCUT2D eigenvalue weighted by Gasteiger charge is 2.20. The van der Waals surface area contributed by atoms with E-state index < -0.39 is 10.0 Å². The number of rotatable bonds is 9. The third kappa shape index (κ3) is 5.89. The number of carbonyl (C=O) groups excluding carboxylic acids is 2. The van der Waals surface area contributed by atoms with Crippen molar-refractivity contribution in [3.05, 3.63) is 89.1 Å². The summed E-state index contributed by atoms with van der Waals surface area (Å²) < 4.78 is 28.2. The minimum atomic E-state index is -3.97. The largest absolute Gasteiger partial charge is 0.295 e. The second-order valence-corrected chi connectivity index (χ2v) is 8.17. The van der Waals surface area contributed by atoms with Gasteiger partial charge < -0.3 is 0 Å². The summed E-state index contributed by atoms with van der Waals surface area (Å²) in [6.45, 7) is 3.18. The van der Waals surface area contributed by atoms with Gasteiger partial charge in [-0.2, -0.15) is 0 Å². The molecule has 0 aliphatic rings. The summed E-state index contributed by atoms with van der Waals surface area (Å²) in [5, 5.41) is 0. The Hall–Kier alpha value is -2.70. The van der Waals surface area contributed by atoms with Crippen molar-refractivity contribution in [2.45, 2.75) is 25.2 Å². The van der Waals surface area contributed by atoms with Gasteiger partial charge in [0.2, 0.25) is 0 Å². The Morgan fingerprint density at radius 1 is 1.00 bits per heavy atom. The number of sulfonamides is 1. The van der Waals surface area contributed by atoms with Crippen LogP contribution in [0.5, 0.6) is 0 Å². The molecule has 0 aliphatic carbocycles. The highest BCUT2D eigenvalue weighted by atomic mass is 35.5. The van der Waals surface area contributed by atoms with Crippen LogP contribution in [0.3, 0.4) is 0 Å². The van der Waals surface area contributed by atoms with Gasteiger partial charge in [0.15, 0.2) is 11.6 Å². The van der Waals surface area contributed by atoms with Crippen LogP contribution in [0.4, 0.5) is 0 Å². The summed E-state index contributed by atoms with van der Waals surface area (Å²) in [4.78, 5) is 24.3. The lowest BCUT2D eigenvalue weighted by Crippen LogP contribution is -2.25. The average molecular weight is 432 g/mol. The second kappa shape index (κ2) is 10.2. The van der Waals surface area contributed by atoms with E-state index in [0.717, 1.165) is 0 Å². The van der Waals surface area contributed by atoms with E-state index in [-0.39, 0.29) is 28.0 Å². The summed E-state index contributed by atoms with van der Waals surface area (Å²) in [5.74, 6) is -0.263. The van der Waals surface area contributed by atoms with Crippen LogP contribution in [0, 0.1) is 0 Å². The summed E-state index contributed by atoms with van der Waals surface area (Å²) in [6, 6.07) is 14.2. The van der Waals surface area contributed by atoms with Gasteiger partial charge in [-0.05, 0) is 31.6 Å². The van der Waals surface area contributed by atoms with Gasteiger partial charge in [-0.3, -0.25) is 14.3 Å². The van der Waals surface area contributed by atoms with Gasteiger partial charge in [-0.1, -0.05) is 55.5 Å². The predicted octanol–water partition coefficient (Wildman–Crippen LogP) is 4.51. The quantitative estimate of drug-likeness (QED) is 0.274. The van der Waals surface area contributed by atoms with Crippen LogP contribution in [0.2, 0.25) is 0 Å². The number of benzene rings is 2. The number of nitrogens with one attached hydrogen (secondary N) is 1. The van der Waals surface area contributed by atoms with E-state index in [1.165, 1.54) is 37.3 Å². The van der Waals surface area contributed by atoms with Crippen molar-refractivity contribution in [1.82, 2.24) is 4.72 Å². The number of alkyl halides is 1. The van der Waals surface area contributed by atoms with Gasteiger partial charge in [0.1, 0.15) is 0 Å².